The summed E-state index contributed by atoms with van der Waals surface area (Å²) in [5.74, 6) is 0.147. The molecule has 1 aliphatic rings. The van der Waals surface area contributed by atoms with Crippen LogP contribution in [-0.4, -0.2) is 47.8 Å². The van der Waals surface area contributed by atoms with Gasteiger partial charge >= 0.3 is 0 Å². The lowest BCUT2D eigenvalue weighted by Gasteiger charge is -2.30. The second kappa shape index (κ2) is 4.85. The molecule has 0 saturated carbocycles. The zero-order chi connectivity index (χ0) is 12.4. The Morgan fingerprint density at radius 3 is 3.00 bits per heavy atom. The molecule has 6 heteroatoms. The van der Waals surface area contributed by atoms with Crippen molar-refractivity contribution in [2.24, 2.45) is 0 Å². The zero-order valence-electron chi connectivity index (χ0n) is 10.1. The van der Waals surface area contributed by atoms with Crippen LogP contribution in [0.3, 0.4) is 0 Å². The number of hydrogen-bond donors (Lipinski definition) is 1. The monoisotopic (exact) mass is 239 g/mol. The lowest BCUT2D eigenvalue weighted by molar-refractivity contribution is 0.0694. The molecule has 1 N–H and O–H groups in total. The maximum atomic E-state index is 11.9. The Labute approximate surface area is 99.2 Å². The van der Waals surface area contributed by atoms with Crippen LogP contribution in [0.2, 0.25) is 0 Å². The Morgan fingerprint density at radius 2 is 2.41 bits per heavy atom. The molecule has 0 unspecified atom stereocenters. The van der Waals surface area contributed by atoms with Gasteiger partial charge in [-0.3, -0.25) is 14.5 Å². The standard InChI is InChI=1S/C11H17N3O3/c1-8-6-13(4-3-12-8)7-11(16)14-10(15)5-9(2)17-14/h5,8,12H,3-4,6-7H2,1-2H3/t8-/m0/s1. The number of carbonyl (C=O) groups is 1. The molecule has 17 heavy (non-hydrogen) atoms. The van der Waals surface area contributed by atoms with Gasteiger partial charge in [0.15, 0.2) is 0 Å². The second-order valence-corrected chi connectivity index (χ2v) is 4.46. The minimum Gasteiger partial charge on any atom is -0.373 e. The molecule has 1 saturated heterocycles. The lowest BCUT2D eigenvalue weighted by atomic mass is 10.2. The predicted molar refractivity (Wildman–Crippen MR) is 62.2 cm³/mol. The molecule has 94 valence electrons. The highest BCUT2D eigenvalue weighted by atomic mass is 16.5. The van der Waals surface area contributed by atoms with Crippen LogP contribution in [0.25, 0.3) is 0 Å². The number of aryl methyl sites for hydroxylation is 1. The van der Waals surface area contributed by atoms with Crippen LogP contribution in [0, 0.1) is 6.92 Å². The van der Waals surface area contributed by atoms with Crippen molar-refractivity contribution in [2.45, 2.75) is 19.9 Å². The summed E-state index contributed by atoms with van der Waals surface area (Å²) in [6.07, 6.45) is 0. The molecule has 0 spiro atoms. The molecule has 6 nitrogen and oxygen atoms in total. The Balaban J connectivity index is 2.01. The van der Waals surface area contributed by atoms with E-state index < -0.39 is 5.56 Å². The van der Waals surface area contributed by atoms with E-state index in [0.717, 1.165) is 24.4 Å². The van der Waals surface area contributed by atoms with E-state index in [9.17, 15) is 9.59 Å². The van der Waals surface area contributed by atoms with Crippen molar-refractivity contribution in [3.8, 4) is 0 Å². The maximum absolute atomic E-state index is 11.9. The summed E-state index contributed by atoms with van der Waals surface area (Å²) in [5.41, 5.74) is -0.393. The van der Waals surface area contributed by atoms with Gasteiger partial charge in [-0.25, -0.2) is 0 Å². The molecule has 1 aromatic rings. The van der Waals surface area contributed by atoms with E-state index in [1.807, 2.05) is 4.90 Å². The summed E-state index contributed by atoms with van der Waals surface area (Å²) in [4.78, 5) is 25.3. The van der Waals surface area contributed by atoms with E-state index in [2.05, 4.69) is 12.2 Å². The fourth-order valence-corrected chi connectivity index (χ4v) is 2.03. The first-order chi connectivity index (χ1) is 8.06. The van der Waals surface area contributed by atoms with Crippen molar-refractivity contribution >= 4 is 5.91 Å². The van der Waals surface area contributed by atoms with Crippen molar-refractivity contribution in [2.75, 3.05) is 26.2 Å². The van der Waals surface area contributed by atoms with E-state index in [1.165, 1.54) is 6.07 Å². The lowest BCUT2D eigenvalue weighted by Crippen LogP contribution is -2.51. The van der Waals surface area contributed by atoms with Gasteiger partial charge in [0.2, 0.25) is 0 Å². The van der Waals surface area contributed by atoms with E-state index in [1.54, 1.807) is 6.92 Å². The Morgan fingerprint density at radius 1 is 1.65 bits per heavy atom. The molecule has 1 aromatic heterocycles. The van der Waals surface area contributed by atoms with Crippen LogP contribution in [0.5, 0.6) is 0 Å². The van der Waals surface area contributed by atoms with Crippen LogP contribution in [0.15, 0.2) is 15.4 Å². The van der Waals surface area contributed by atoms with Crippen LogP contribution in [-0.2, 0) is 0 Å². The second-order valence-electron chi connectivity index (χ2n) is 4.46. The van der Waals surface area contributed by atoms with Gasteiger partial charge < -0.3 is 9.84 Å². The topological polar surface area (TPSA) is 67.5 Å². The van der Waals surface area contributed by atoms with Gasteiger partial charge in [0.1, 0.15) is 5.76 Å². The highest BCUT2D eigenvalue weighted by Crippen LogP contribution is 2.00. The Kier molecular flexibility index (Phi) is 3.44. The average molecular weight is 239 g/mol. The minimum atomic E-state index is -0.393. The van der Waals surface area contributed by atoms with E-state index in [0.29, 0.717) is 11.8 Å². The first kappa shape index (κ1) is 12.1. The molecule has 2 heterocycles. The normalized spacial score (nSPS) is 21.6. The summed E-state index contributed by atoms with van der Waals surface area (Å²) in [6, 6.07) is 1.68. The van der Waals surface area contributed by atoms with Gasteiger partial charge in [-0.1, -0.05) is 0 Å². The predicted octanol–water partition coefficient (Wildman–Crippen LogP) is -0.316. The fraction of sp³-hybridized carbons (Fsp3) is 0.636. The summed E-state index contributed by atoms with van der Waals surface area (Å²) in [6.45, 7) is 6.42. The van der Waals surface area contributed by atoms with E-state index >= 15 is 0 Å². The molecule has 1 atom stereocenters. The molecule has 0 bridgehead atoms. The molecule has 1 fully saturated rings. The largest absolute Gasteiger partial charge is 0.373 e. The van der Waals surface area contributed by atoms with Crippen molar-refractivity contribution in [3.63, 3.8) is 0 Å². The van der Waals surface area contributed by atoms with Gasteiger partial charge in [-0.2, -0.15) is 0 Å². The maximum Gasteiger partial charge on any atom is 0.290 e. The number of nitrogens with one attached hydrogen (secondary N) is 1. The van der Waals surface area contributed by atoms with Crippen LogP contribution in [0.1, 0.15) is 17.5 Å². The van der Waals surface area contributed by atoms with E-state index in [-0.39, 0.29) is 12.5 Å². The number of nitrogens with zero attached hydrogens (tertiary/aromatic N) is 2. The van der Waals surface area contributed by atoms with Crippen LogP contribution in [0.4, 0.5) is 0 Å². The Hall–Kier alpha value is -1.40. The van der Waals surface area contributed by atoms with Crippen molar-refractivity contribution < 1.29 is 9.32 Å². The molecule has 0 aliphatic carbocycles. The van der Waals surface area contributed by atoms with Crippen molar-refractivity contribution in [1.82, 2.24) is 15.0 Å². The van der Waals surface area contributed by atoms with Gasteiger partial charge in [0.05, 0.1) is 6.54 Å². The van der Waals surface area contributed by atoms with E-state index in [4.69, 9.17) is 4.52 Å². The van der Waals surface area contributed by atoms with Gasteiger partial charge in [0, 0.05) is 31.7 Å². The van der Waals surface area contributed by atoms with Crippen LogP contribution < -0.4 is 10.9 Å². The zero-order valence-corrected chi connectivity index (χ0v) is 10.1. The SMILES string of the molecule is Cc1cc(=O)n(C(=O)CN2CCN[C@@H](C)C2)o1. The molecule has 1 aliphatic heterocycles. The summed E-state index contributed by atoms with van der Waals surface area (Å²) >= 11 is 0. The molecule has 0 amide bonds. The number of piperazine rings is 1. The number of aromatic nitrogens is 1. The minimum absolute atomic E-state index is 0.221. The van der Waals surface area contributed by atoms with Crippen molar-refractivity contribution in [3.05, 3.63) is 22.2 Å². The number of hydrogen-bond acceptors (Lipinski definition) is 5. The third kappa shape index (κ3) is 2.83. The number of carbonyl (C=O) groups excluding carboxylic acids is 1. The summed E-state index contributed by atoms with van der Waals surface area (Å²) in [5, 5.41) is 3.30. The summed E-state index contributed by atoms with van der Waals surface area (Å²) < 4.78 is 5.89. The summed E-state index contributed by atoms with van der Waals surface area (Å²) in [7, 11) is 0. The quantitative estimate of drug-likeness (QED) is 0.766. The van der Waals surface area contributed by atoms with Gasteiger partial charge in [-0.15, -0.1) is 4.74 Å². The molecular formula is C11H17N3O3. The smallest absolute Gasteiger partial charge is 0.290 e. The highest BCUT2D eigenvalue weighted by molar-refractivity contribution is 5.79. The third-order valence-electron chi connectivity index (χ3n) is 2.80. The molecule has 0 aromatic carbocycles. The van der Waals surface area contributed by atoms with Crippen LogP contribution >= 0.6 is 0 Å². The van der Waals surface area contributed by atoms with Gasteiger partial charge in [-0.05, 0) is 13.8 Å². The van der Waals surface area contributed by atoms with Crippen molar-refractivity contribution in [1.29, 1.82) is 0 Å². The molecule has 0 radical (unpaired) electrons. The third-order valence-corrected chi connectivity index (χ3v) is 2.80. The fourth-order valence-electron chi connectivity index (χ4n) is 2.03. The first-order valence-corrected chi connectivity index (χ1v) is 5.75. The van der Waals surface area contributed by atoms with Gasteiger partial charge in [0.25, 0.3) is 11.5 Å². The molecule has 2 rings (SSSR count). The average Bonchev–Trinajstić information content (AvgIpc) is 2.58. The molecular weight excluding hydrogens is 222 g/mol. The number of rotatable bonds is 2. The first-order valence-electron chi connectivity index (χ1n) is 5.75. The highest BCUT2D eigenvalue weighted by Gasteiger charge is 2.20. The Bertz CT molecular complexity index is 463.